The van der Waals surface area contributed by atoms with Crippen LogP contribution in [0.3, 0.4) is 0 Å². The average molecular weight is 276 g/mol. The van der Waals surface area contributed by atoms with E-state index in [2.05, 4.69) is 10.2 Å². The van der Waals surface area contributed by atoms with E-state index in [9.17, 15) is 9.18 Å². The zero-order chi connectivity index (χ0) is 13.9. The van der Waals surface area contributed by atoms with Gasteiger partial charge >= 0.3 is 0 Å². The molecule has 2 fully saturated rings. The highest BCUT2D eigenvalue weighted by atomic mass is 19.1. The Bertz CT molecular complexity index is 470. The molecule has 1 atom stereocenters. The number of rotatable bonds is 5. The van der Waals surface area contributed by atoms with Crippen molar-refractivity contribution < 1.29 is 9.18 Å². The van der Waals surface area contributed by atoms with E-state index in [1.807, 2.05) is 0 Å². The van der Waals surface area contributed by atoms with Crippen molar-refractivity contribution in [1.29, 1.82) is 0 Å². The first-order valence-corrected chi connectivity index (χ1v) is 7.48. The predicted molar refractivity (Wildman–Crippen MR) is 75.6 cm³/mol. The first kappa shape index (κ1) is 13.6. The Kier molecular flexibility index (Phi) is 4.01. The van der Waals surface area contributed by atoms with Gasteiger partial charge in [-0.25, -0.2) is 4.39 Å². The maximum atomic E-state index is 12.8. The van der Waals surface area contributed by atoms with Gasteiger partial charge in [0, 0.05) is 13.1 Å². The smallest absolute Gasteiger partial charge is 0.237 e. The van der Waals surface area contributed by atoms with Gasteiger partial charge < -0.3 is 5.32 Å². The summed E-state index contributed by atoms with van der Waals surface area (Å²) in [5.41, 5.74) is 0.937. The van der Waals surface area contributed by atoms with Gasteiger partial charge in [-0.15, -0.1) is 0 Å². The standard InChI is InChI=1S/C16H21FN2O/c17-14-7-5-12(6-8-14)10-18-16(20)15-2-1-9-19(15)11-13-3-4-13/h5-8,13,15H,1-4,9-11H2,(H,18,20)/t15-/m1/s1. The third kappa shape index (κ3) is 3.37. The molecule has 1 N–H and O–H groups in total. The van der Waals surface area contributed by atoms with E-state index in [4.69, 9.17) is 0 Å². The van der Waals surface area contributed by atoms with Gasteiger partial charge in [-0.3, -0.25) is 9.69 Å². The molecular formula is C16H21FN2O. The monoisotopic (exact) mass is 276 g/mol. The maximum Gasteiger partial charge on any atom is 0.237 e. The van der Waals surface area contributed by atoms with Gasteiger partial charge in [0.15, 0.2) is 0 Å². The molecule has 20 heavy (non-hydrogen) atoms. The molecule has 0 bridgehead atoms. The van der Waals surface area contributed by atoms with Crippen molar-refractivity contribution in [1.82, 2.24) is 10.2 Å². The Hall–Kier alpha value is -1.42. The number of likely N-dealkylation sites (tertiary alicyclic amines) is 1. The summed E-state index contributed by atoms with van der Waals surface area (Å²) in [5.74, 6) is 0.694. The van der Waals surface area contributed by atoms with Crippen LogP contribution in [0.1, 0.15) is 31.2 Å². The number of carbonyl (C=O) groups excluding carboxylic acids is 1. The first-order chi connectivity index (χ1) is 9.72. The normalized spacial score (nSPS) is 22.9. The summed E-state index contributed by atoms with van der Waals surface area (Å²) in [6.45, 7) is 2.60. The zero-order valence-corrected chi connectivity index (χ0v) is 11.6. The third-order valence-corrected chi connectivity index (χ3v) is 4.24. The minimum Gasteiger partial charge on any atom is -0.351 e. The van der Waals surface area contributed by atoms with Crippen molar-refractivity contribution in [2.75, 3.05) is 13.1 Å². The van der Waals surface area contributed by atoms with Crippen LogP contribution in [0.2, 0.25) is 0 Å². The Morgan fingerprint density at radius 3 is 2.70 bits per heavy atom. The van der Waals surface area contributed by atoms with Crippen LogP contribution in [0, 0.1) is 11.7 Å². The lowest BCUT2D eigenvalue weighted by Gasteiger charge is -2.23. The van der Waals surface area contributed by atoms with Crippen molar-refractivity contribution >= 4 is 5.91 Å². The largest absolute Gasteiger partial charge is 0.351 e. The summed E-state index contributed by atoms with van der Waals surface area (Å²) >= 11 is 0. The number of halogens is 1. The fraction of sp³-hybridized carbons (Fsp3) is 0.562. The fourth-order valence-electron chi connectivity index (χ4n) is 2.88. The third-order valence-electron chi connectivity index (χ3n) is 4.24. The molecule has 1 saturated carbocycles. The molecule has 1 aliphatic carbocycles. The molecule has 4 heteroatoms. The summed E-state index contributed by atoms with van der Waals surface area (Å²) in [7, 11) is 0. The van der Waals surface area contributed by atoms with Gasteiger partial charge in [0.2, 0.25) is 5.91 Å². The van der Waals surface area contributed by atoms with E-state index >= 15 is 0 Å². The number of benzene rings is 1. The number of hydrogen-bond donors (Lipinski definition) is 1. The molecular weight excluding hydrogens is 255 g/mol. The van der Waals surface area contributed by atoms with Gasteiger partial charge in [0.25, 0.3) is 0 Å². The second kappa shape index (κ2) is 5.92. The zero-order valence-electron chi connectivity index (χ0n) is 11.6. The molecule has 1 aliphatic heterocycles. The summed E-state index contributed by atoms with van der Waals surface area (Å²) in [5, 5.41) is 2.98. The van der Waals surface area contributed by atoms with E-state index in [1.54, 1.807) is 12.1 Å². The molecule has 0 unspecified atom stereocenters. The van der Waals surface area contributed by atoms with E-state index in [0.717, 1.165) is 37.4 Å². The van der Waals surface area contributed by atoms with Crippen LogP contribution in [0.25, 0.3) is 0 Å². The maximum absolute atomic E-state index is 12.8. The number of hydrogen-bond acceptors (Lipinski definition) is 2. The average Bonchev–Trinajstić information content (AvgIpc) is 3.14. The Morgan fingerprint density at radius 2 is 2.00 bits per heavy atom. The van der Waals surface area contributed by atoms with Crippen molar-refractivity contribution in [2.45, 2.75) is 38.3 Å². The van der Waals surface area contributed by atoms with Crippen LogP contribution in [0.15, 0.2) is 24.3 Å². The van der Waals surface area contributed by atoms with E-state index < -0.39 is 0 Å². The van der Waals surface area contributed by atoms with Crippen LogP contribution in [0.4, 0.5) is 4.39 Å². The van der Waals surface area contributed by atoms with Crippen molar-refractivity contribution in [3.8, 4) is 0 Å². The molecule has 108 valence electrons. The highest BCUT2D eigenvalue weighted by molar-refractivity contribution is 5.82. The van der Waals surface area contributed by atoms with Gasteiger partial charge in [0.05, 0.1) is 6.04 Å². The summed E-state index contributed by atoms with van der Waals surface area (Å²) in [4.78, 5) is 14.6. The minimum atomic E-state index is -0.244. The van der Waals surface area contributed by atoms with E-state index in [0.29, 0.717) is 6.54 Å². The van der Waals surface area contributed by atoms with E-state index in [-0.39, 0.29) is 17.8 Å². The lowest BCUT2D eigenvalue weighted by molar-refractivity contribution is -0.125. The van der Waals surface area contributed by atoms with E-state index in [1.165, 1.54) is 25.0 Å². The molecule has 2 aliphatic rings. The molecule has 1 aromatic rings. The van der Waals surface area contributed by atoms with Crippen LogP contribution in [-0.4, -0.2) is 29.9 Å². The van der Waals surface area contributed by atoms with Crippen LogP contribution >= 0.6 is 0 Å². The van der Waals surface area contributed by atoms with Crippen LogP contribution in [0.5, 0.6) is 0 Å². The molecule has 0 spiro atoms. The molecule has 1 heterocycles. The van der Waals surface area contributed by atoms with Gasteiger partial charge in [-0.1, -0.05) is 12.1 Å². The summed E-state index contributed by atoms with van der Waals surface area (Å²) in [6, 6.07) is 6.32. The number of nitrogens with zero attached hydrogens (tertiary/aromatic N) is 1. The highest BCUT2D eigenvalue weighted by Crippen LogP contribution is 2.32. The second-order valence-electron chi connectivity index (χ2n) is 5.94. The highest BCUT2D eigenvalue weighted by Gasteiger charge is 2.34. The lowest BCUT2D eigenvalue weighted by Crippen LogP contribution is -2.43. The summed E-state index contributed by atoms with van der Waals surface area (Å²) in [6.07, 6.45) is 4.71. The van der Waals surface area contributed by atoms with Gasteiger partial charge in [0.1, 0.15) is 5.82 Å². The summed E-state index contributed by atoms with van der Waals surface area (Å²) < 4.78 is 12.8. The van der Waals surface area contributed by atoms with Crippen molar-refractivity contribution in [3.63, 3.8) is 0 Å². The van der Waals surface area contributed by atoms with Crippen molar-refractivity contribution in [2.24, 2.45) is 5.92 Å². The SMILES string of the molecule is O=C(NCc1ccc(F)cc1)[C@H]1CCCN1CC1CC1. The Balaban J connectivity index is 1.51. The molecule has 0 aromatic heterocycles. The molecule has 1 saturated heterocycles. The Morgan fingerprint density at radius 1 is 1.25 bits per heavy atom. The van der Waals surface area contributed by atoms with Gasteiger partial charge in [-0.2, -0.15) is 0 Å². The second-order valence-corrected chi connectivity index (χ2v) is 5.94. The lowest BCUT2D eigenvalue weighted by atomic mass is 10.2. The molecule has 1 aromatic carbocycles. The van der Waals surface area contributed by atoms with Gasteiger partial charge in [-0.05, 0) is 55.8 Å². The number of amides is 1. The topological polar surface area (TPSA) is 32.3 Å². The fourth-order valence-corrected chi connectivity index (χ4v) is 2.88. The van der Waals surface area contributed by atoms with Crippen LogP contribution < -0.4 is 5.32 Å². The number of nitrogens with one attached hydrogen (secondary N) is 1. The molecule has 1 amide bonds. The number of carbonyl (C=O) groups is 1. The molecule has 0 radical (unpaired) electrons. The quantitative estimate of drug-likeness (QED) is 0.895. The first-order valence-electron chi connectivity index (χ1n) is 7.48. The van der Waals surface area contributed by atoms with Crippen molar-refractivity contribution in [3.05, 3.63) is 35.6 Å². The Labute approximate surface area is 119 Å². The van der Waals surface area contributed by atoms with Crippen LogP contribution in [-0.2, 0) is 11.3 Å². The molecule has 3 nitrogen and oxygen atoms in total. The minimum absolute atomic E-state index is 0.0380. The molecule has 3 rings (SSSR count). The predicted octanol–water partition coefficient (Wildman–Crippen LogP) is 2.32.